The van der Waals surface area contributed by atoms with E-state index in [9.17, 15) is 4.79 Å². The number of fused-ring (bicyclic) bond motifs is 1. The van der Waals surface area contributed by atoms with Crippen molar-refractivity contribution in [2.75, 3.05) is 12.4 Å². The second-order valence-electron chi connectivity index (χ2n) is 2.58. The van der Waals surface area contributed by atoms with Crippen LogP contribution in [0.3, 0.4) is 0 Å². The Hall–Kier alpha value is -1.34. The van der Waals surface area contributed by atoms with Crippen LogP contribution in [-0.4, -0.2) is 37.6 Å². The summed E-state index contributed by atoms with van der Waals surface area (Å²) in [5.41, 5.74) is 0.248. The largest absolute Gasteiger partial charge is 0.396 e. The van der Waals surface area contributed by atoms with Crippen molar-refractivity contribution in [3.05, 3.63) is 16.6 Å². The van der Waals surface area contributed by atoms with E-state index in [-0.39, 0.29) is 12.2 Å². The van der Waals surface area contributed by atoms with E-state index in [4.69, 9.17) is 5.11 Å². The standard InChI is InChI=1S/C7H8N4O2S/c12-1-2-14-7-9-5-4(3-8-11-5)6(13)10-7/h3,12H,1-2H2,(H2,8,9,10,11,13). The van der Waals surface area contributed by atoms with Crippen LogP contribution in [0.25, 0.3) is 11.0 Å². The number of aliphatic hydroxyl groups excluding tert-OH is 1. The molecule has 14 heavy (non-hydrogen) atoms. The number of aliphatic hydroxyl groups is 1. The number of nitrogens with zero attached hydrogens (tertiary/aromatic N) is 2. The number of hydrogen-bond acceptors (Lipinski definition) is 5. The molecule has 0 saturated carbocycles. The van der Waals surface area contributed by atoms with Gasteiger partial charge in [-0.1, -0.05) is 11.8 Å². The van der Waals surface area contributed by atoms with Gasteiger partial charge in [-0.3, -0.25) is 9.89 Å². The third-order valence-corrected chi connectivity index (χ3v) is 2.48. The highest BCUT2D eigenvalue weighted by Crippen LogP contribution is 2.11. The average Bonchev–Trinajstić information content (AvgIpc) is 2.63. The predicted molar refractivity (Wildman–Crippen MR) is 52.3 cm³/mol. The first-order valence-corrected chi connectivity index (χ1v) is 4.97. The Bertz CT molecular complexity index is 492. The second-order valence-corrected chi connectivity index (χ2v) is 3.66. The minimum Gasteiger partial charge on any atom is -0.396 e. The van der Waals surface area contributed by atoms with E-state index in [0.717, 1.165) is 0 Å². The lowest BCUT2D eigenvalue weighted by atomic mass is 10.4. The normalized spacial score (nSPS) is 10.9. The molecule has 0 radical (unpaired) electrons. The van der Waals surface area contributed by atoms with E-state index in [1.165, 1.54) is 18.0 Å². The molecule has 0 fully saturated rings. The molecule has 0 bridgehead atoms. The number of rotatable bonds is 3. The fourth-order valence-corrected chi connectivity index (χ4v) is 1.64. The lowest BCUT2D eigenvalue weighted by molar-refractivity contribution is 0.322. The molecule has 74 valence electrons. The summed E-state index contributed by atoms with van der Waals surface area (Å²) in [5, 5.41) is 15.9. The first kappa shape index (κ1) is 9.22. The lowest BCUT2D eigenvalue weighted by Crippen LogP contribution is -2.08. The van der Waals surface area contributed by atoms with Crippen molar-refractivity contribution in [1.29, 1.82) is 0 Å². The van der Waals surface area contributed by atoms with Crippen molar-refractivity contribution >= 4 is 22.8 Å². The number of nitrogens with one attached hydrogen (secondary N) is 2. The highest BCUT2D eigenvalue weighted by atomic mass is 32.2. The van der Waals surface area contributed by atoms with Crippen LogP contribution in [0.1, 0.15) is 0 Å². The minimum absolute atomic E-state index is 0.0510. The Labute approximate surface area is 82.8 Å². The molecule has 0 aliphatic rings. The second kappa shape index (κ2) is 3.81. The van der Waals surface area contributed by atoms with Crippen LogP contribution in [0, 0.1) is 0 Å². The van der Waals surface area contributed by atoms with Crippen molar-refractivity contribution in [3.8, 4) is 0 Å². The van der Waals surface area contributed by atoms with Gasteiger partial charge in [-0.2, -0.15) is 5.10 Å². The lowest BCUT2D eigenvalue weighted by Gasteiger charge is -1.97. The molecule has 2 rings (SSSR count). The van der Waals surface area contributed by atoms with Crippen LogP contribution in [0.15, 0.2) is 16.1 Å². The van der Waals surface area contributed by atoms with Crippen LogP contribution in [0.4, 0.5) is 0 Å². The molecule has 0 aromatic carbocycles. The summed E-state index contributed by atoms with van der Waals surface area (Å²) in [6.07, 6.45) is 1.43. The van der Waals surface area contributed by atoms with Crippen LogP contribution < -0.4 is 5.56 Å². The Morgan fingerprint density at radius 1 is 1.57 bits per heavy atom. The molecule has 2 aromatic heterocycles. The molecule has 6 nitrogen and oxygen atoms in total. The molecule has 0 spiro atoms. The van der Waals surface area contributed by atoms with E-state index in [0.29, 0.717) is 21.9 Å². The third-order valence-electron chi connectivity index (χ3n) is 1.63. The molecular formula is C7H8N4O2S. The maximum Gasteiger partial charge on any atom is 0.262 e. The molecule has 7 heteroatoms. The monoisotopic (exact) mass is 212 g/mol. The summed E-state index contributed by atoms with van der Waals surface area (Å²) in [7, 11) is 0. The fourth-order valence-electron chi connectivity index (χ4n) is 1.04. The Kier molecular flexibility index (Phi) is 2.51. The van der Waals surface area contributed by atoms with Gasteiger partial charge in [0, 0.05) is 5.75 Å². The zero-order valence-corrected chi connectivity index (χ0v) is 7.97. The first-order valence-electron chi connectivity index (χ1n) is 3.98. The summed E-state index contributed by atoms with van der Waals surface area (Å²) >= 11 is 1.29. The van der Waals surface area contributed by atoms with Crippen LogP contribution in [0.5, 0.6) is 0 Å². The summed E-state index contributed by atoms with van der Waals surface area (Å²) in [6, 6.07) is 0. The molecule has 3 N–H and O–H groups in total. The van der Waals surface area contributed by atoms with Gasteiger partial charge in [0.15, 0.2) is 10.8 Å². The number of aromatic amines is 2. The summed E-state index contributed by atoms with van der Waals surface area (Å²) in [4.78, 5) is 18.1. The Morgan fingerprint density at radius 3 is 3.21 bits per heavy atom. The molecule has 0 aliphatic heterocycles. The molecule has 0 unspecified atom stereocenters. The van der Waals surface area contributed by atoms with Gasteiger partial charge in [0.1, 0.15) is 5.39 Å². The van der Waals surface area contributed by atoms with Gasteiger partial charge in [-0.15, -0.1) is 0 Å². The van der Waals surface area contributed by atoms with E-state index in [1.807, 2.05) is 0 Å². The van der Waals surface area contributed by atoms with Gasteiger partial charge in [0.05, 0.1) is 12.8 Å². The van der Waals surface area contributed by atoms with Crippen molar-refractivity contribution in [3.63, 3.8) is 0 Å². The van der Waals surface area contributed by atoms with E-state index in [2.05, 4.69) is 20.2 Å². The van der Waals surface area contributed by atoms with E-state index >= 15 is 0 Å². The summed E-state index contributed by atoms with van der Waals surface area (Å²) < 4.78 is 0. The highest BCUT2D eigenvalue weighted by Gasteiger charge is 2.04. The van der Waals surface area contributed by atoms with Gasteiger partial charge in [-0.25, -0.2) is 4.98 Å². The third kappa shape index (κ3) is 1.64. The highest BCUT2D eigenvalue weighted by molar-refractivity contribution is 7.99. The van der Waals surface area contributed by atoms with E-state index < -0.39 is 0 Å². The average molecular weight is 212 g/mol. The maximum absolute atomic E-state index is 11.4. The quantitative estimate of drug-likeness (QED) is 0.481. The summed E-state index contributed by atoms with van der Waals surface area (Å²) in [5.74, 6) is 0.503. The molecular weight excluding hydrogens is 204 g/mol. The predicted octanol–water partition coefficient (Wildman–Crippen LogP) is -0.269. The molecule has 2 heterocycles. The zero-order chi connectivity index (χ0) is 9.97. The molecule has 2 aromatic rings. The number of H-pyrrole nitrogens is 2. The fraction of sp³-hybridized carbons (Fsp3) is 0.286. The molecule has 0 saturated heterocycles. The Morgan fingerprint density at radius 2 is 2.43 bits per heavy atom. The van der Waals surface area contributed by atoms with Gasteiger partial charge >= 0.3 is 0 Å². The van der Waals surface area contributed by atoms with Gasteiger partial charge in [-0.05, 0) is 0 Å². The topological polar surface area (TPSA) is 94.7 Å². The van der Waals surface area contributed by atoms with Crippen LogP contribution in [0.2, 0.25) is 0 Å². The zero-order valence-electron chi connectivity index (χ0n) is 7.15. The smallest absolute Gasteiger partial charge is 0.262 e. The minimum atomic E-state index is -0.218. The van der Waals surface area contributed by atoms with Crippen LogP contribution >= 0.6 is 11.8 Å². The van der Waals surface area contributed by atoms with Crippen LogP contribution in [-0.2, 0) is 0 Å². The number of aromatic nitrogens is 4. The molecule has 0 atom stereocenters. The van der Waals surface area contributed by atoms with Crippen molar-refractivity contribution in [2.24, 2.45) is 0 Å². The van der Waals surface area contributed by atoms with Gasteiger partial charge < -0.3 is 10.1 Å². The van der Waals surface area contributed by atoms with Gasteiger partial charge in [0.2, 0.25) is 0 Å². The maximum atomic E-state index is 11.4. The van der Waals surface area contributed by atoms with Crippen molar-refractivity contribution in [1.82, 2.24) is 20.2 Å². The summed E-state index contributed by atoms with van der Waals surface area (Å²) in [6.45, 7) is 0.0510. The number of thioether (sulfide) groups is 1. The van der Waals surface area contributed by atoms with Gasteiger partial charge in [0.25, 0.3) is 5.56 Å². The molecule has 0 aliphatic carbocycles. The number of hydrogen-bond donors (Lipinski definition) is 3. The van der Waals surface area contributed by atoms with Crippen molar-refractivity contribution in [2.45, 2.75) is 5.16 Å². The Balaban J connectivity index is 2.43. The van der Waals surface area contributed by atoms with E-state index in [1.54, 1.807) is 0 Å². The first-order chi connectivity index (χ1) is 6.81. The SMILES string of the molecule is O=c1[nH]c(SCCO)nc2[nH]ncc12. The molecule has 0 amide bonds. The van der Waals surface area contributed by atoms with Crippen molar-refractivity contribution < 1.29 is 5.11 Å².